The van der Waals surface area contributed by atoms with Crippen LogP contribution in [-0.4, -0.2) is 29.0 Å². The summed E-state index contributed by atoms with van der Waals surface area (Å²) in [6.45, 7) is 10.0. The second-order valence-electron chi connectivity index (χ2n) is 5.28. The van der Waals surface area contributed by atoms with Gasteiger partial charge in [0.1, 0.15) is 0 Å². The minimum atomic E-state index is -0.431. The van der Waals surface area contributed by atoms with Gasteiger partial charge in [-0.15, -0.1) is 11.8 Å². The Morgan fingerprint density at radius 1 is 1.23 bits per heavy atom. The molecule has 1 rings (SSSR count). The first-order valence-corrected chi connectivity index (χ1v) is 8.73. The van der Waals surface area contributed by atoms with Gasteiger partial charge in [0.25, 0.3) is 0 Å². The van der Waals surface area contributed by atoms with E-state index >= 15 is 0 Å². The Morgan fingerprint density at radius 2 is 1.86 bits per heavy atom. The van der Waals surface area contributed by atoms with Gasteiger partial charge >= 0.3 is 6.09 Å². The number of anilines is 1. The number of nitrogens with one attached hydrogen (secondary N) is 1. The van der Waals surface area contributed by atoms with E-state index in [4.69, 9.17) is 9.73 Å². The van der Waals surface area contributed by atoms with E-state index in [1.807, 2.05) is 38.1 Å². The number of carbonyl (C=O) groups excluding carboxylic acids is 1. The van der Waals surface area contributed by atoms with Gasteiger partial charge in [-0.2, -0.15) is 0 Å². The predicted octanol–water partition coefficient (Wildman–Crippen LogP) is 4.94. The highest BCUT2D eigenvalue weighted by atomic mass is 32.2. The van der Waals surface area contributed by atoms with Crippen molar-refractivity contribution in [3.8, 4) is 0 Å². The van der Waals surface area contributed by atoms with Gasteiger partial charge < -0.3 is 4.74 Å². The maximum Gasteiger partial charge on any atom is 0.411 e. The lowest BCUT2D eigenvalue weighted by Crippen LogP contribution is -2.17. The molecule has 1 N–H and O–H groups in total. The van der Waals surface area contributed by atoms with Crippen LogP contribution in [0.3, 0.4) is 0 Å². The summed E-state index contributed by atoms with van der Waals surface area (Å²) in [5, 5.41) is 3.76. The maximum absolute atomic E-state index is 11.6. The fraction of sp³-hybridized carbons (Fsp3) is 0.529. The summed E-state index contributed by atoms with van der Waals surface area (Å²) in [5.74, 6) is 0.982. The Balaban J connectivity index is 2.81. The van der Waals surface area contributed by atoms with E-state index in [0.29, 0.717) is 6.04 Å². The summed E-state index contributed by atoms with van der Waals surface area (Å²) in [6.07, 6.45) is 0.461. The second-order valence-corrected chi connectivity index (χ2v) is 6.53. The molecule has 0 aliphatic rings. The molecule has 4 nitrogen and oxygen atoms in total. The van der Waals surface area contributed by atoms with E-state index in [2.05, 4.69) is 26.1 Å². The van der Waals surface area contributed by atoms with Gasteiger partial charge in [0.05, 0.1) is 11.1 Å². The quantitative estimate of drug-likeness (QED) is 0.596. The Morgan fingerprint density at radius 3 is 2.36 bits per heavy atom. The summed E-state index contributed by atoms with van der Waals surface area (Å²) < 4.78 is 5.06. The molecule has 1 aromatic rings. The molecule has 0 radical (unpaired) electrons. The molecule has 1 aromatic carbocycles. The third-order valence-electron chi connectivity index (χ3n) is 2.93. The molecule has 0 fully saturated rings. The molecule has 122 valence electrons. The smallest absolute Gasteiger partial charge is 0.411 e. The van der Waals surface area contributed by atoms with Crippen molar-refractivity contribution in [2.45, 2.75) is 53.2 Å². The molecule has 0 saturated heterocycles. The fourth-order valence-electron chi connectivity index (χ4n) is 1.68. The molecule has 0 saturated carbocycles. The number of hydrogen-bond acceptors (Lipinski definition) is 4. The Hall–Kier alpha value is -1.49. The zero-order chi connectivity index (χ0) is 16.5. The average molecular weight is 322 g/mol. The standard InChI is InChI=1S/C17H26N2O2S/c1-6-13(5)18-16(22-7-2)14-8-10-15(11-9-14)19-17(20)21-12(3)4/h8-13H,6-7H2,1-5H3,(H,19,20)/t13-/m0/s1. The van der Waals surface area contributed by atoms with Crippen molar-refractivity contribution in [2.75, 3.05) is 11.1 Å². The van der Waals surface area contributed by atoms with Crippen molar-refractivity contribution in [1.82, 2.24) is 0 Å². The van der Waals surface area contributed by atoms with Crippen molar-refractivity contribution in [3.63, 3.8) is 0 Å². The second kappa shape index (κ2) is 9.51. The first-order chi connectivity index (χ1) is 10.5. The number of thioether (sulfide) groups is 1. The van der Waals surface area contributed by atoms with Crippen LogP contribution in [0.1, 0.15) is 46.6 Å². The SMILES string of the molecule is CCSC(=N[C@@H](C)CC)c1ccc(NC(=O)OC(C)C)cc1. The molecule has 0 bridgehead atoms. The van der Waals surface area contributed by atoms with Crippen molar-refractivity contribution >= 4 is 28.6 Å². The van der Waals surface area contributed by atoms with Crippen LogP contribution >= 0.6 is 11.8 Å². The van der Waals surface area contributed by atoms with Gasteiger partial charge in [0.2, 0.25) is 0 Å². The highest BCUT2D eigenvalue weighted by molar-refractivity contribution is 8.14. The summed E-state index contributed by atoms with van der Waals surface area (Å²) in [5.41, 5.74) is 1.80. The zero-order valence-electron chi connectivity index (χ0n) is 14.1. The highest BCUT2D eigenvalue weighted by Gasteiger charge is 2.08. The van der Waals surface area contributed by atoms with Crippen molar-refractivity contribution in [1.29, 1.82) is 0 Å². The van der Waals surface area contributed by atoms with E-state index in [9.17, 15) is 4.79 Å². The predicted molar refractivity (Wildman–Crippen MR) is 96.1 cm³/mol. The van der Waals surface area contributed by atoms with Crippen molar-refractivity contribution in [3.05, 3.63) is 29.8 Å². The molecule has 0 unspecified atom stereocenters. The summed E-state index contributed by atoms with van der Waals surface area (Å²) in [6, 6.07) is 8.02. The first kappa shape index (κ1) is 18.6. The monoisotopic (exact) mass is 322 g/mol. The minimum absolute atomic E-state index is 0.130. The van der Waals surface area contributed by atoms with E-state index in [-0.39, 0.29) is 6.10 Å². The number of carbonyl (C=O) groups is 1. The van der Waals surface area contributed by atoms with Crippen LogP contribution in [0.15, 0.2) is 29.3 Å². The molecular formula is C17H26N2O2S. The average Bonchev–Trinajstić information content (AvgIpc) is 2.46. The number of rotatable bonds is 6. The van der Waals surface area contributed by atoms with Crippen LogP contribution < -0.4 is 5.32 Å². The number of aliphatic imine (C=N–C) groups is 1. The third kappa shape index (κ3) is 6.52. The number of amides is 1. The van der Waals surface area contributed by atoms with Crippen LogP contribution in [-0.2, 0) is 4.74 Å². The number of hydrogen-bond donors (Lipinski definition) is 1. The molecule has 5 heteroatoms. The Labute approximate surface area is 137 Å². The normalized spacial score (nSPS) is 13.1. The van der Waals surface area contributed by atoms with Gasteiger partial charge in [-0.3, -0.25) is 10.3 Å². The number of nitrogens with zero attached hydrogens (tertiary/aromatic N) is 1. The van der Waals surface area contributed by atoms with Crippen LogP contribution in [0.2, 0.25) is 0 Å². The molecule has 1 amide bonds. The lowest BCUT2D eigenvalue weighted by molar-refractivity contribution is 0.130. The number of benzene rings is 1. The summed E-state index contributed by atoms with van der Waals surface area (Å²) in [7, 11) is 0. The number of ether oxygens (including phenoxy) is 1. The zero-order valence-corrected chi connectivity index (χ0v) is 14.9. The highest BCUT2D eigenvalue weighted by Crippen LogP contribution is 2.18. The lowest BCUT2D eigenvalue weighted by atomic mass is 10.2. The minimum Gasteiger partial charge on any atom is -0.447 e. The molecule has 1 atom stereocenters. The van der Waals surface area contributed by atoms with E-state index < -0.39 is 6.09 Å². The Kier molecular flexibility index (Phi) is 8.02. The largest absolute Gasteiger partial charge is 0.447 e. The van der Waals surface area contributed by atoms with Gasteiger partial charge in [-0.05, 0) is 45.1 Å². The van der Waals surface area contributed by atoms with Gasteiger partial charge in [0.15, 0.2) is 0 Å². The molecule has 0 aromatic heterocycles. The van der Waals surface area contributed by atoms with Gasteiger partial charge in [-0.1, -0.05) is 26.0 Å². The van der Waals surface area contributed by atoms with Crippen LogP contribution in [0.4, 0.5) is 10.5 Å². The fourth-order valence-corrected chi connectivity index (χ4v) is 2.51. The molecular weight excluding hydrogens is 296 g/mol. The summed E-state index contributed by atoms with van der Waals surface area (Å²) >= 11 is 1.74. The Bertz CT molecular complexity index is 498. The maximum atomic E-state index is 11.6. The molecule has 22 heavy (non-hydrogen) atoms. The van der Waals surface area contributed by atoms with Crippen LogP contribution in [0, 0.1) is 0 Å². The summed E-state index contributed by atoms with van der Waals surface area (Å²) in [4.78, 5) is 16.3. The molecule has 0 aliphatic heterocycles. The van der Waals surface area contributed by atoms with E-state index in [1.54, 1.807) is 11.8 Å². The molecule has 0 heterocycles. The first-order valence-electron chi connectivity index (χ1n) is 7.74. The lowest BCUT2D eigenvalue weighted by Gasteiger charge is -2.11. The van der Waals surface area contributed by atoms with E-state index in [0.717, 1.165) is 28.5 Å². The van der Waals surface area contributed by atoms with Crippen LogP contribution in [0.25, 0.3) is 0 Å². The van der Waals surface area contributed by atoms with Gasteiger partial charge in [-0.25, -0.2) is 4.79 Å². The molecule has 0 spiro atoms. The molecule has 0 aliphatic carbocycles. The third-order valence-corrected chi connectivity index (χ3v) is 3.83. The van der Waals surface area contributed by atoms with Crippen molar-refractivity contribution in [2.24, 2.45) is 4.99 Å². The van der Waals surface area contributed by atoms with E-state index in [1.165, 1.54) is 0 Å². The van der Waals surface area contributed by atoms with Crippen molar-refractivity contribution < 1.29 is 9.53 Å². The van der Waals surface area contributed by atoms with Crippen LogP contribution in [0.5, 0.6) is 0 Å². The topological polar surface area (TPSA) is 50.7 Å². The van der Waals surface area contributed by atoms with Gasteiger partial charge in [0, 0.05) is 17.3 Å².